The Morgan fingerprint density at radius 3 is 2.56 bits per heavy atom. The molecular formula is C14H25NO. The predicted octanol–water partition coefficient (Wildman–Crippen LogP) is 3.00. The van der Waals surface area contributed by atoms with Crippen LogP contribution in [0.5, 0.6) is 0 Å². The maximum atomic E-state index is 6.37. The van der Waals surface area contributed by atoms with Crippen molar-refractivity contribution < 1.29 is 4.74 Å². The average Bonchev–Trinajstić information content (AvgIpc) is 2.94. The molecule has 3 unspecified atom stereocenters. The van der Waals surface area contributed by atoms with Crippen molar-refractivity contribution in [2.24, 2.45) is 11.7 Å². The molecule has 16 heavy (non-hydrogen) atoms. The molecule has 1 spiro atoms. The second-order valence-electron chi connectivity index (χ2n) is 6.34. The fraction of sp³-hybridized carbons (Fsp3) is 1.00. The van der Waals surface area contributed by atoms with Gasteiger partial charge in [0.1, 0.15) is 0 Å². The summed E-state index contributed by atoms with van der Waals surface area (Å²) in [6.07, 6.45) is 13.7. The second kappa shape index (κ2) is 4.30. The summed E-state index contributed by atoms with van der Waals surface area (Å²) in [5.41, 5.74) is 6.30. The Morgan fingerprint density at radius 2 is 1.88 bits per heavy atom. The lowest BCUT2D eigenvalue weighted by Gasteiger charge is -2.24. The molecule has 0 aromatic rings. The lowest BCUT2D eigenvalue weighted by molar-refractivity contribution is -0.0439. The molecule has 1 saturated heterocycles. The number of hydrogen-bond acceptors (Lipinski definition) is 2. The van der Waals surface area contributed by atoms with Gasteiger partial charge in [-0.2, -0.15) is 0 Å². The molecule has 2 aliphatic carbocycles. The van der Waals surface area contributed by atoms with E-state index in [1.807, 2.05) is 0 Å². The first-order chi connectivity index (χ1) is 7.76. The minimum absolute atomic E-state index is 0.325. The highest BCUT2D eigenvalue weighted by Crippen LogP contribution is 2.45. The van der Waals surface area contributed by atoms with E-state index in [-0.39, 0.29) is 0 Å². The zero-order chi connectivity index (χ0) is 11.0. The monoisotopic (exact) mass is 223 g/mol. The molecule has 2 N–H and O–H groups in total. The second-order valence-corrected chi connectivity index (χ2v) is 6.34. The van der Waals surface area contributed by atoms with Crippen molar-refractivity contribution in [1.29, 1.82) is 0 Å². The van der Waals surface area contributed by atoms with Gasteiger partial charge < -0.3 is 10.5 Å². The molecule has 1 aliphatic heterocycles. The van der Waals surface area contributed by atoms with E-state index in [0.717, 1.165) is 5.92 Å². The van der Waals surface area contributed by atoms with Gasteiger partial charge in [0.15, 0.2) is 0 Å². The number of hydrogen-bond donors (Lipinski definition) is 1. The van der Waals surface area contributed by atoms with E-state index in [0.29, 0.717) is 17.7 Å². The van der Waals surface area contributed by atoms with Crippen LogP contribution in [-0.4, -0.2) is 17.7 Å². The summed E-state index contributed by atoms with van der Waals surface area (Å²) >= 11 is 0. The Kier molecular flexibility index (Phi) is 2.97. The van der Waals surface area contributed by atoms with Gasteiger partial charge >= 0.3 is 0 Å². The Hall–Kier alpha value is -0.0800. The molecule has 3 atom stereocenters. The minimum atomic E-state index is 0.325. The van der Waals surface area contributed by atoms with Gasteiger partial charge in [0, 0.05) is 6.04 Å². The van der Waals surface area contributed by atoms with Gasteiger partial charge in [-0.25, -0.2) is 0 Å². The molecule has 3 fully saturated rings. The molecule has 2 saturated carbocycles. The third kappa shape index (κ3) is 2.14. The van der Waals surface area contributed by atoms with Crippen LogP contribution in [0.2, 0.25) is 0 Å². The van der Waals surface area contributed by atoms with E-state index in [1.54, 1.807) is 0 Å². The van der Waals surface area contributed by atoms with Gasteiger partial charge in [-0.15, -0.1) is 0 Å². The summed E-state index contributed by atoms with van der Waals surface area (Å²) in [5, 5.41) is 0. The molecule has 0 aromatic heterocycles. The molecule has 0 radical (unpaired) electrons. The molecule has 2 heteroatoms. The largest absolute Gasteiger partial charge is 0.372 e. The number of ether oxygens (including phenoxy) is 1. The summed E-state index contributed by atoms with van der Waals surface area (Å²) in [7, 11) is 0. The molecule has 0 aromatic carbocycles. The SMILES string of the molecule is NC1CCC(CC2CCC3(CCCC3)O2)C1. The van der Waals surface area contributed by atoms with Crippen molar-refractivity contribution in [2.75, 3.05) is 0 Å². The van der Waals surface area contributed by atoms with E-state index in [4.69, 9.17) is 10.5 Å². The summed E-state index contributed by atoms with van der Waals surface area (Å²) in [6.45, 7) is 0. The molecule has 0 bridgehead atoms. The molecular weight excluding hydrogens is 198 g/mol. The van der Waals surface area contributed by atoms with Crippen LogP contribution in [0.4, 0.5) is 0 Å². The predicted molar refractivity (Wildman–Crippen MR) is 65.2 cm³/mol. The van der Waals surface area contributed by atoms with E-state index in [9.17, 15) is 0 Å². The first-order valence-corrected chi connectivity index (χ1v) is 7.19. The van der Waals surface area contributed by atoms with Crippen LogP contribution in [0.25, 0.3) is 0 Å². The smallest absolute Gasteiger partial charge is 0.0687 e. The van der Waals surface area contributed by atoms with Crippen LogP contribution in [0.3, 0.4) is 0 Å². The lowest BCUT2D eigenvalue weighted by Crippen LogP contribution is -2.25. The van der Waals surface area contributed by atoms with Gasteiger partial charge in [-0.05, 0) is 57.3 Å². The zero-order valence-corrected chi connectivity index (χ0v) is 10.3. The van der Waals surface area contributed by atoms with Crippen molar-refractivity contribution in [3.8, 4) is 0 Å². The third-order valence-corrected chi connectivity index (χ3v) is 5.03. The van der Waals surface area contributed by atoms with Crippen molar-refractivity contribution in [1.82, 2.24) is 0 Å². The molecule has 0 amide bonds. The summed E-state index contributed by atoms with van der Waals surface area (Å²) < 4.78 is 6.37. The minimum Gasteiger partial charge on any atom is -0.372 e. The quantitative estimate of drug-likeness (QED) is 0.781. The van der Waals surface area contributed by atoms with Crippen LogP contribution >= 0.6 is 0 Å². The van der Waals surface area contributed by atoms with Gasteiger partial charge in [-0.3, -0.25) is 0 Å². The van der Waals surface area contributed by atoms with Crippen LogP contribution < -0.4 is 5.73 Å². The summed E-state index contributed by atoms with van der Waals surface area (Å²) in [4.78, 5) is 0. The third-order valence-electron chi connectivity index (χ3n) is 5.03. The lowest BCUT2D eigenvalue weighted by atomic mass is 9.95. The Balaban J connectivity index is 1.50. The number of rotatable bonds is 2. The molecule has 1 heterocycles. The molecule has 3 rings (SSSR count). The first-order valence-electron chi connectivity index (χ1n) is 7.19. The molecule has 92 valence electrons. The zero-order valence-electron chi connectivity index (χ0n) is 10.3. The average molecular weight is 223 g/mol. The summed E-state index contributed by atoms with van der Waals surface area (Å²) in [5.74, 6) is 0.858. The van der Waals surface area contributed by atoms with Crippen molar-refractivity contribution in [3.63, 3.8) is 0 Å². The number of nitrogens with two attached hydrogens (primary N) is 1. The Morgan fingerprint density at radius 1 is 1.06 bits per heavy atom. The normalized spacial score (nSPS) is 42.2. The molecule has 3 aliphatic rings. The van der Waals surface area contributed by atoms with E-state index >= 15 is 0 Å². The van der Waals surface area contributed by atoms with Crippen molar-refractivity contribution >= 4 is 0 Å². The standard InChI is InChI=1S/C14H25NO/c15-12-4-3-11(9-12)10-13-5-8-14(16-13)6-1-2-7-14/h11-13H,1-10,15H2. The topological polar surface area (TPSA) is 35.2 Å². The fourth-order valence-corrected chi connectivity index (χ4v) is 4.15. The Labute approximate surface area is 98.9 Å². The highest BCUT2D eigenvalue weighted by atomic mass is 16.5. The van der Waals surface area contributed by atoms with Gasteiger partial charge in [0.2, 0.25) is 0 Å². The Bertz CT molecular complexity index is 247. The maximum Gasteiger partial charge on any atom is 0.0687 e. The van der Waals surface area contributed by atoms with Crippen molar-refractivity contribution in [3.05, 3.63) is 0 Å². The van der Waals surface area contributed by atoms with E-state index < -0.39 is 0 Å². The van der Waals surface area contributed by atoms with E-state index in [2.05, 4.69) is 0 Å². The van der Waals surface area contributed by atoms with Gasteiger partial charge in [0.05, 0.1) is 11.7 Å². The first kappa shape index (κ1) is 11.0. The van der Waals surface area contributed by atoms with Crippen LogP contribution in [0.15, 0.2) is 0 Å². The summed E-state index contributed by atoms with van der Waals surface area (Å²) in [6, 6.07) is 0.479. The van der Waals surface area contributed by atoms with Gasteiger partial charge in [-0.1, -0.05) is 12.8 Å². The van der Waals surface area contributed by atoms with Crippen LogP contribution in [-0.2, 0) is 4.74 Å². The highest BCUT2D eigenvalue weighted by Gasteiger charge is 2.42. The van der Waals surface area contributed by atoms with Crippen LogP contribution in [0, 0.1) is 5.92 Å². The van der Waals surface area contributed by atoms with Crippen molar-refractivity contribution in [2.45, 2.75) is 82.0 Å². The fourth-order valence-electron chi connectivity index (χ4n) is 4.15. The van der Waals surface area contributed by atoms with Crippen LogP contribution in [0.1, 0.15) is 64.2 Å². The van der Waals surface area contributed by atoms with Gasteiger partial charge in [0.25, 0.3) is 0 Å². The molecule has 2 nitrogen and oxygen atoms in total. The highest BCUT2D eigenvalue weighted by molar-refractivity contribution is 4.93. The maximum absolute atomic E-state index is 6.37. The van der Waals surface area contributed by atoms with E-state index in [1.165, 1.54) is 64.2 Å².